The van der Waals surface area contributed by atoms with Crippen molar-refractivity contribution in [2.24, 2.45) is 0 Å². The summed E-state index contributed by atoms with van der Waals surface area (Å²) in [5.74, 6) is -0.181. The fraction of sp³-hybridized carbons (Fsp3) is 0.556. The molecule has 146 valence electrons. The van der Waals surface area contributed by atoms with Gasteiger partial charge in [0.15, 0.2) is 5.11 Å². The van der Waals surface area contributed by atoms with Crippen molar-refractivity contribution in [3.05, 3.63) is 29.3 Å². The fourth-order valence-electron chi connectivity index (χ4n) is 2.31. The maximum absolute atomic E-state index is 12.1. The van der Waals surface area contributed by atoms with Gasteiger partial charge in [0.1, 0.15) is 6.17 Å². The van der Waals surface area contributed by atoms with Crippen LogP contribution >= 0.6 is 47.0 Å². The highest BCUT2D eigenvalue weighted by atomic mass is 35.6. The minimum absolute atomic E-state index is 0.181. The normalized spacial score (nSPS) is 12.4. The number of carbonyl (C=O) groups is 1. The standard InChI is InChI=1S/C18H26Cl3N3OS/c1-4-5-6-7-8-15(25)23-16(18(19,20)21)24-17(26)22-14-11-12(2)9-10-13(14)3/h9-11,16H,4-8H2,1-3H3,(H,23,25)(H2,22,24,26)/t16-/m1/s1. The molecule has 26 heavy (non-hydrogen) atoms. The van der Waals surface area contributed by atoms with Gasteiger partial charge in [0, 0.05) is 12.1 Å². The molecule has 0 aliphatic carbocycles. The summed E-state index contributed by atoms with van der Waals surface area (Å²) in [5, 5.41) is 8.93. The molecule has 0 radical (unpaired) electrons. The van der Waals surface area contributed by atoms with E-state index in [9.17, 15) is 4.79 Å². The van der Waals surface area contributed by atoms with Crippen LogP contribution in [-0.2, 0) is 4.79 Å². The van der Waals surface area contributed by atoms with Crippen molar-refractivity contribution in [1.82, 2.24) is 10.6 Å². The van der Waals surface area contributed by atoms with Gasteiger partial charge in [-0.1, -0.05) is 73.1 Å². The fourth-order valence-corrected chi connectivity index (χ4v) is 2.86. The van der Waals surface area contributed by atoms with E-state index in [-0.39, 0.29) is 11.0 Å². The van der Waals surface area contributed by atoms with E-state index in [4.69, 9.17) is 47.0 Å². The van der Waals surface area contributed by atoms with E-state index in [0.29, 0.717) is 6.42 Å². The lowest BCUT2D eigenvalue weighted by Gasteiger charge is -2.28. The van der Waals surface area contributed by atoms with E-state index >= 15 is 0 Å². The molecule has 1 atom stereocenters. The number of thiocarbonyl (C=S) groups is 1. The molecule has 0 aromatic heterocycles. The molecular formula is C18H26Cl3N3OS. The van der Waals surface area contributed by atoms with Crippen LogP contribution in [0.1, 0.15) is 50.2 Å². The van der Waals surface area contributed by atoms with Gasteiger partial charge in [-0.3, -0.25) is 4.79 Å². The Morgan fingerprint density at radius 2 is 1.85 bits per heavy atom. The molecule has 0 aliphatic heterocycles. The molecule has 0 spiro atoms. The van der Waals surface area contributed by atoms with Crippen LogP contribution in [0.2, 0.25) is 0 Å². The second-order valence-electron chi connectivity index (χ2n) is 6.27. The van der Waals surface area contributed by atoms with E-state index in [1.54, 1.807) is 0 Å². The number of alkyl halides is 3. The number of hydrogen-bond acceptors (Lipinski definition) is 2. The van der Waals surface area contributed by atoms with Crippen molar-refractivity contribution in [2.75, 3.05) is 5.32 Å². The molecule has 0 heterocycles. The zero-order valence-electron chi connectivity index (χ0n) is 15.3. The van der Waals surface area contributed by atoms with Crippen LogP contribution < -0.4 is 16.0 Å². The molecule has 1 rings (SSSR count). The third-order valence-electron chi connectivity index (χ3n) is 3.81. The third-order valence-corrected chi connectivity index (χ3v) is 4.68. The summed E-state index contributed by atoms with van der Waals surface area (Å²) >= 11 is 23.3. The Balaban J connectivity index is 2.65. The van der Waals surface area contributed by atoms with E-state index in [2.05, 4.69) is 22.9 Å². The number of rotatable bonds is 8. The van der Waals surface area contributed by atoms with E-state index in [0.717, 1.165) is 42.5 Å². The van der Waals surface area contributed by atoms with Crippen LogP contribution in [0.25, 0.3) is 0 Å². The Bertz CT molecular complexity index is 620. The van der Waals surface area contributed by atoms with E-state index in [1.165, 1.54) is 0 Å². The highest BCUT2D eigenvalue weighted by Crippen LogP contribution is 2.29. The Labute approximate surface area is 176 Å². The number of halogens is 3. The van der Waals surface area contributed by atoms with Crippen LogP contribution in [0.15, 0.2) is 18.2 Å². The largest absolute Gasteiger partial charge is 0.339 e. The lowest BCUT2D eigenvalue weighted by Crippen LogP contribution is -2.56. The second-order valence-corrected chi connectivity index (χ2v) is 9.05. The summed E-state index contributed by atoms with van der Waals surface area (Å²) in [4.78, 5) is 12.1. The SMILES string of the molecule is CCCCCCC(=O)N[C@H](NC(=S)Nc1cc(C)ccc1C)C(Cl)(Cl)Cl. The van der Waals surface area contributed by atoms with Gasteiger partial charge in [-0.2, -0.15) is 0 Å². The van der Waals surface area contributed by atoms with Crippen LogP contribution in [0.5, 0.6) is 0 Å². The van der Waals surface area contributed by atoms with Gasteiger partial charge in [-0.15, -0.1) is 0 Å². The Morgan fingerprint density at radius 1 is 1.15 bits per heavy atom. The van der Waals surface area contributed by atoms with Crippen molar-refractivity contribution in [1.29, 1.82) is 0 Å². The van der Waals surface area contributed by atoms with Crippen molar-refractivity contribution in [3.63, 3.8) is 0 Å². The van der Waals surface area contributed by atoms with Crippen LogP contribution in [0.4, 0.5) is 5.69 Å². The van der Waals surface area contributed by atoms with E-state index in [1.807, 2.05) is 32.0 Å². The smallest absolute Gasteiger partial charge is 0.228 e. The van der Waals surface area contributed by atoms with Gasteiger partial charge < -0.3 is 16.0 Å². The minimum Gasteiger partial charge on any atom is -0.339 e. The lowest BCUT2D eigenvalue weighted by molar-refractivity contribution is -0.122. The molecule has 8 heteroatoms. The van der Waals surface area contributed by atoms with Gasteiger partial charge in [-0.25, -0.2) is 0 Å². The summed E-state index contributed by atoms with van der Waals surface area (Å²) in [7, 11) is 0. The van der Waals surface area contributed by atoms with Crippen LogP contribution in [-0.4, -0.2) is 21.0 Å². The number of anilines is 1. The molecule has 0 saturated heterocycles. The number of amides is 1. The highest BCUT2D eigenvalue weighted by molar-refractivity contribution is 7.80. The van der Waals surface area contributed by atoms with Crippen molar-refractivity contribution >= 4 is 63.7 Å². The maximum Gasteiger partial charge on any atom is 0.228 e. The average Bonchev–Trinajstić information content (AvgIpc) is 2.53. The number of nitrogens with one attached hydrogen (secondary N) is 3. The van der Waals surface area contributed by atoms with Gasteiger partial charge in [0.2, 0.25) is 9.70 Å². The summed E-state index contributed by atoms with van der Waals surface area (Å²) < 4.78 is -1.74. The lowest BCUT2D eigenvalue weighted by atomic mass is 10.1. The van der Waals surface area contributed by atoms with Crippen molar-refractivity contribution in [2.45, 2.75) is 62.8 Å². The number of benzene rings is 1. The van der Waals surface area contributed by atoms with Crippen molar-refractivity contribution in [3.8, 4) is 0 Å². The van der Waals surface area contributed by atoms with E-state index < -0.39 is 9.96 Å². The second kappa shape index (κ2) is 11.2. The number of aryl methyl sites for hydroxylation is 2. The molecule has 0 fully saturated rings. The zero-order chi connectivity index (χ0) is 19.7. The number of carbonyl (C=O) groups excluding carboxylic acids is 1. The Kier molecular flexibility index (Phi) is 10.0. The average molecular weight is 439 g/mol. The third kappa shape index (κ3) is 8.76. The zero-order valence-corrected chi connectivity index (χ0v) is 18.4. The molecule has 4 nitrogen and oxygen atoms in total. The maximum atomic E-state index is 12.1. The molecule has 1 aromatic rings. The predicted molar refractivity (Wildman–Crippen MR) is 116 cm³/mol. The monoisotopic (exact) mass is 437 g/mol. The minimum atomic E-state index is -1.74. The first-order chi connectivity index (χ1) is 12.1. The summed E-state index contributed by atoms with van der Waals surface area (Å²) in [6.07, 6.45) is 3.47. The first-order valence-corrected chi connectivity index (χ1v) is 10.2. The van der Waals surface area contributed by atoms with Crippen LogP contribution in [0.3, 0.4) is 0 Å². The molecule has 3 N–H and O–H groups in total. The van der Waals surface area contributed by atoms with Gasteiger partial charge in [0.25, 0.3) is 0 Å². The summed E-state index contributed by atoms with van der Waals surface area (Å²) in [6, 6.07) is 5.98. The molecule has 0 bridgehead atoms. The van der Waals surface area contributed by atoms with Gasteiger partial charge in [0.05, 0.1) is 0 Å². The topological polar surface area (TPSA) is 53.2 Å². The first-order valence-electron chi connectivity index (χ1n) is 8.64. The predicted octanol–water partition coefficient (Wildman–Crippen LogP) is 5.37. The first kappa shape index (κ1) is 23.3. The van der Waals surface area contributed by atoms with Crippen molar-refractivity contribution < 1.29 is 4.79 Å². The number of unbranched alkanes of at least 4 members (excludes halogenated alkanes) is 3. The Hall–Kier alpha value is -0.750. The molecule has 1 amide bonds. The van der Waals surface area contributed by atoms with Gasteiger partial charge in [-0.05, 0) is 49.7 Å². The van der Waals surface area contributed by atoms with Crippen LogP contribution in [0, 0.1) is 13.8 Å². The molecular weight excluding hydrogens is 413 g/mol. The summed E-state index contributed by atoms with van der Waals surface area (Å²) in [6.45, 7) is 6.08. The summed E-state index contributed by atoms with van der Waals surface area (Å²) in [5.41, 5.74) is 2.99. The molecule has 0 aliphatic rings. The quantitative estimate of drug-likeness (QED) is 0.221. The highest BCUT2D eigenvalue weighted by Gasteiger charge is 2.34. The molecule has 0 saturated carbocycles. The van der Waals surface area contributed by atoms with Gasteiger partial charge >= 0.3 is 0 Å². The Morgan fingerprint density at radius 3 is 2.46 bits per heavy atom. The molecule has 1 aromatic carbocycles. The number of hydrogen-bond donors (Lipinski definition) is 3. The molecule has 0 unspecified atom stereocenters.